The van der Waals surface area contributed by atoms with Crippen LogP contribution in [0.25, 0.3) is 0 Å². The molecule has 0 aromatic heterocycles. The molecule has 3 heteroatoms. The minimum Gasteiger partial charge on any atom is -0.460 e. The van der Waals surface area contributed by atoms with Crippen molar-refractivity contribution in [2.24, 2.45) is 28.1 Å². The zero-order valence-corrected chi connectivity index (χ0v) is 16.5. The fourth-order valence-electron chi connectivity index (χ4n) is 6.36. The van der Waals surface area contributed by atoms with Crippen molar-refractivity contribution in [1.29, 1.82) is 0 Å². The number of allylic oxidation sites excluding steroid dienone is 3. The van der Waals surface area contributed by atoms with Gasteiger partial charge in [0, 0.05) is 17.8 Å². The summed E-state index contributed by atoms with van der Waals surface area (Å²) in [6, 6.07) is 0. The molecule has 140 valence electrons. The Morgan fingerprint density at radius 3 is 2.60 bits per heavy atom. The Morgan fingerprint density at radius 1 is 1.32 bits per heavy atom. The maximum Gasteiger partial charge on any atom is 0.302 e. The molecule has 2 saturated carbocycles. The van der Waals surface area contributed by atoms with Gasteiger partial charge in [0.1, 0.15) is 6.10 Å². The number of ether oxygens (including phenoxy) is 1. The van der Waals surface area contributed by atoms with E-state index in [4.69, 9.17) is 4.74 Å². The maximum absolute atomic E-state index is 11.6. The minimum atomic E-state index is -0.601. The third-order valence-corrected chi connectivity index (χ3v) is 7.60. The molecular weight excluding hydrogens is 312 g/mol. The van der Waals surface area contributed by atoms with Crippen LogP contribution in [0, 0.1) is 28.1 Å². The van der Waals surface area contributed by atoms with E-state index < -0.39 is 12.2 Å². The van der Waals surface area contributed by atoms with Crippen LogP contribution in [-0.4, -0.2) is 23.3 Å². The fraction of sp³-hybridized carbons (Fsp3) is 0.773. The third kappa shape index (κ3) is 2.89. The Labute approximate surface area is 152 Å². The molecule has 0 spiro atoms. The monoisotopic (exact) mass is 346 g/mol. The van der Waals surface area contributed by atoms with Gasteiger partial charge >= 0.3 is 5.97 Å². The van der Waals surface area contributed by atoms with Gasteiger partial charge in [0.15, 0.2) is 0 Å². The molecule has 3 nitrogen and oxygen atoms in total. The van der Waals surface area contributed by atoms with E-state index in [0.717, 1.165) is 32.1 Å². The predicted molar refractivity (Wildman–Crippen MR) is 99.9 cm³/mol. The first-order valence-electron chi connectivity index (χ1n) is 9.74. The van der Waals surface area contributed by atoms with E-state index in [1.54, 1.807) is 0 Å². The lowest BCUT2D eigenvalue weighted by molar-refractivity contribution is -0.207. The molecule has 0 aromatic rings. The minimum absolute atomic E-state index is 0.0544. The van der Waals surface area contributed by atoms with Crippen LogP contribution in [-0.2, 0) is 9.53 Å². The summed E-state index contributed by atoms with van der Waals surface area (Å²) in [6.45, 7) is 14.5. The summed E-state index contributed by atoms with van der Waals surface area (Å²) in [5.74, 6) is 0.514. The topological polar surface area (TPSA) is 46.5 Å². The highest BCUT2D eigenvalue weighted by molar-refractivity contribution is 5.66. The number of hydrogen-bond acceptors (Lipinski definition) is 3. The molecule has 25 heavy (non-hydrogen) atoms. The molecule has 3 aliphatic rings. The fourth-order valence-corrected chi connectivity index (χ4v) is 6.36. The lowest BCUT2D eigenvalue weighted by Gasteiger charge is -2.62. The van der Waals surface area contributed by atoms with Crippen molar-refractivity contribution < 1.29 is 14.6 Å². The van der Waals surface area contributed by atoms with E-state index in [0.29, 0.717) is 11.8 Å². The SMILES string of the molecule is C=C[C@]1(C)C=C2CC[C@H]3C(C)(C)C[C@H](OC(C)=O)[C@H](O)[C@]3(C)[C@@H]2CC1. The van der Waals surface area contributed by atoms with Gasteiger partial charge in [-0.25, -0.2) is 0 Å². The number of hydrogen-bond donors (Lipinski definition) is 1. The first kappa shape index (κ1) is 18.7. The number of rotatable bonds is 2. The Bertz CT molecular complexity index is 604. The van der Waals surface area contributed by atoms with E-state index in [1.807, 2.05) is 0 Å². The molecule has 6 atom stereocenters. The highest BCUT2D eigenvalue weighted by Gasteiger charge is 2.61. The maximum atomic E-state index is 11.6. The van der Waals surface area contributed by atoms with Crippen LogP contribution in [0.4, 0.5) is 0 Å². The summed E-state index contributed by atoms with van der Waals surface area (Å²) < 4.78 is 5.57. The van der Waals surface area contributed by atoms with Gasteiger partial charge < -0.3 is 9.84 Å². The van der Waals surface area contributed by atoms with Gasteiger partial charge in [0.05, 0.1) is 6.10 Å². The Morgan fingerprint density at radius 2 is 2.00 bits per heavy atom. The number of aliphatic hydroxyl groups is 1. The molecule has 0 unspecified atom stereocenters. The lowest BCUT2D eigenvalue weighted by Crippen LogP contribution is -2.62. The Balaban J connectivity index is 2.02. The largest absolute Gasteiger partial charge is 0.460 e. The van der Waals surface area contributed by atoms with E-state index >= 15 is 0 Å². The number of esters is 1. The summed E-state index contributed by atoms with van der Waals surface area (Å²) in [6.07, 6.45) is 8.56. The van der Waals surface area contributed by atoms with Gasteiger partial charge in [0.25, 0.3) is 0 Å². The van der Waals surface area contributed by atoms with Crippen LogP contribution >= 0.6 is 0 Å². The van der Waals surface area contributed by atoms with Gasteiger partial charge in [-0.1, -0.05) is 45.4 Å². The molecule has 0 saturated heterocycles. The lowest BCUT2D eigenvalue weighted by atomic mass is 9.44. The second kappa shape index (κ2) is 5.97. The van der Waals surface area contributed by atoms with E-state index in [2.05, 4.69) is 46.4 Å². The van der Waals surface area contributed by atoms with Crippen LogP contribution in [0.3, 0.4) is 0 Å². The van der Waals surface area contributed by atoms with Gasteiger partial charge in [-0.05, 0) is 49.4 Å². The first-order chi connectivity index (χ1) is 11.5. The standard InChI is InChI=1S/C22H34O3/c1-7-21(5)11-10-16-15(12-21)8-9-18-20(3,4)13-17(25-14(2)23)19(24)22(16,18)6/h7,12,16-19,24H,1,8-11,13H2,2-6H3/t16-,17+,18+,19+,21+,22-/m1/s1. The zero-order valence-electron chi connectivity index (χ0n) is 16.5. The highest BCUT2D eigenvalue weighted by Crippen LogP contribution is 2.64. The molecule has 0 bridgehead atoms. The molecule has 0 aromatic carbocycles. The van der Waals surface area contributed by atoms with Gasteiger partial charge in [0.2, 0.25) is 0 Å². The number of carbonyl (C=O) groups is 1. The average molecular weight is 347 g/mol. The van der Waals surface area contributed by atoms with Crippen molar-refractivity contribution in [2.75, 3.05) is 0 Å². The van der Waals surface area contributed by atoms with Crippen LogP contribution < -0.4 is 0 Å². The number of carbonyl (C=O) groups excluding carboxylic acids is 1. The summed E-state index contributed by atoms with van der Waals surface area (Å²) in [4.78, 5) is 11.6. The van der Waals surface area contributed by atoms with Crippen molar-refractivity contribution in [1.82, 2.24) is 0 Å². The zero-order chi connectivity index (χ0) is 18.6. The predicted octanol–water partition coefficient (Wildman–Crippen LogP) is 4.65. The molecule has 3 rings (SSSR count). The summed E-state index contributed by atoms with van der Waals surface area (Å²) >= 11 is 0. The van der Waals surface area contributed by atoms with Crippen molar-refractivity contribution in [3.05, 3.63) is 24.3 Å². The van der Waals surface area contributed by atoms with Crippen LogP contribution in [0.5, 0.6) is 0 Å². The molecule has 1 N–H and O–H groups in total. The van der Waals surface area contributed by atoms with Crippen LogP contribution in [0.1, 0.15) is 66.7 Å². The van der Waals surface area contributed by atoms with E-state index in [1.165, 1.54) is 12.5 Å². The van der Waals surface area contributed by atoms with Crippen molar-refractivity contribution >= 4 is 5.97 Å². The summed E-state index contributed by atoms with van der Waals surface area (Å²) in [7, 11) is 0. The van der Waals surface area contributed by atoms with Crippen molar-refractivity contribution in [2.45, 2.75) is 78.9 Å². The number of fused-ring (bicyclic) bond motifs is 3. The van der Waals surface area contributed by atoms with Gasteiger partial charge in [-0.15, -0.1) is 6.58 Å². The van der Waals surface area contributed by atoms with Crippen molar-refractivity contribution in [3.8, 4) is 0 Å². The number of aliphatic hydroxyl groups excluding tert-OH is 1. The second-order valence-corrected chi connectivity index (χ2v) is 9.76. The van der Waals surface area contributed by atoms with Gasteiger partial charge in [-0.2, -0.15) is 0 Å². The molecule has 0 aliphatic heterocycles. The smallest absolute Gasteiger partial charge is 0.302 e. The third-order valence-electron chi connectivity index (χ3n) is 7.60. The molecular formula is C22H34O3. The van der Waals surface area contributed by atoms with Gasteiger partial charge in [-0.3, -0.25) is 4.79 Å². The van der Waals surface area contributed by atoms with Crippen molar-refractivity contribution in [3.63, 3.8) is 0 Å². The normalized spacial score (nSPS) is 45.6. The average Bonchev–Trinajstić information content (AvgIpc) is 2.51. The molecule has 3 aliphatic carbocycles. The second-order valence-electron chi connectivity index (χ2n) is 9.76. The van der Waals surface area contributed by atoms with E-state index in [9.17, 15) is 9.90 Å². The first-order valence-corrected chi connectivity index (χ1v) is 9.74. The molecule has 2 fully saturated rings. The Kier molecular flexibility index (Phi) is 4.47. The highest BCUT2D eigenvalue weighted by atomic mass is 16.6. The molecule has 0 heterocycles. The molecule has 0 amide bonds. The Hall–Kier alpha value is -1.09. The summed E-state index contributed by atoms with van der Waals surface area (Å²) in [5, 5.41) is 11.3. The quantitative estimate of drug-likeness (QED) is 0.584. The van der Waals surface area contributed by atoms with Crippen LogP contribution in [0.2, 0.25) is 0 Å². The van der Waals surface area contributed by atoms with Crippen LogP contribution in [0.15, 0.2) is 24.3 Å². The summed E-state index contributed by atoms with van der Waals surface area (Å²) in [5.41, 5.74) is 1.36. The molecule has 0 radical (unpaired) electrons. The van der Waals surface area contributed by atoms with E-state index in [-0.39, 0.29) is 22.2 Å².